The molecule has 2 aliphatic rings. The van der Waals surface area contributed by atoms with Crippen molar-refractivity contribution in [3.63, 3.8) is 0 Å². The van der Waals surface area contributed by atoms with Gasteiger partial charge in [0.15, 0.2) is 18.9 Å². The molecule has 12 heteroatoms. The molecule has 43 heavy (non-hydrogen) atoms. The molecule has 0 aliphatic carbocycles. The van der Waals surface area contributed by atoms with Crippen molar-refractivity contribution in [1.29, 1.82) is 0 Å². The molecule has 2 aliphatic heterocycles. The van der Waals surface area contributed by atoms with E-state index in [9.17, 15) is 30.3 Å². The van der Waals surface area contributed by atoms with Gasteiger partial charge >= 0.3 is 5.97 Å². The van der Waals surface area contributed by atoms with Gasteiger partial charge in [0.1, 0.15) is 24.9 Å². The monoisotopic (exact) mass is 626 g/mol. The Labute approximate surface area is 258 Å². The fourth-order valence-corrected chi connectivity index (χ4v) is 5.14. The second kappa shape index (κ2) is 27.4. The van der Waals surface area contributed by atoms with Gasteiger partial charge < -0.3 is 54.7 Å². The summed E-state index contributed by atoms with van der Waals surface area (Å²) in [6, 6.07) is 0. The number of carbonyl (C=O) groups is 1. The summed E-state index contributed by atoms with van der Waals surface area (Å²) in [6.07, 6.45) is 9.21. The number of aliphatic hydroxyl groups is 7. The summed E-state index contributed by atoms with van der Waals surface area (Å²) >= 11 is 0. The van der Waals surface area contributed by atoms with E-state index in [1.54, 1.807) is 0 Å². The van der Waals surface area contributed by atoms with Gasteiger partial charge in [-0.05, 0) is 6.42 Å². The highest BCUT2D eigenvalue weighted by Gasteiger charge is 2.42. The van der Waals surface area contributed by atoms with Gasteiger partial charge in [-0.2, -0.15) is 0 Å². The van der Waals surface area contributed by atoms with Gasteiger partial charge in [-0.1, -0.05) is 96.8 Å². The molecule has 0 amide bonds. The first-order valence-electron chi connectivity index (χ1n) is 16.2. The lowest BCUT2D eigenvalue weighted by atomic mass is 10.0. The van der Waals surface area contributed by atoms with Crippen LogP contribution in [0.3, 0.4) is 0 Å². The van der Waals surface area contributed by atoms with Gasteiger partial charge in [-0.3, -0.25) is 4.79 Å². The largest absolute Gasteiger partial charge is 0.463 e. The fourth-order valence-electron chi connectivity index (χ4n) is 5.14. The Morgan fingerprint density at radius 1 is 0.651 bits per heavy atom. The van der Waals surface area contributed by atoms with Crippen LogP contribution in [-0.4, -0.2) is 112 Å². The number of unbranched alkanes of at least 4 members (excludes halogenated alkanes) is 14. The van der Waals surface area contributed by atoms with E-state index < -0.39 is 49.4 Å². The normalized spacial score (nSPS) is 28.7. The van der Waals surface area contributed by atoms with E-state index >= 15 is 0 Å². The molecule has 0 aromatic heterocycles. The third-order valence-corrected chi connectivity index (χ3v) is 7.66. The number of esters is 1. The minimum Gasteiger partial charge on any atom is -0.463 e. The van der Waals surface area contributed by atoms with Crippen molar-refractivity contribution in [1.82, 2.24) is 0 Å². The highest BCUT2D eigenvalue weighted by molar-refractivity contribution is 5.69. The summed E-state index contributed by atoms with van der Waals surface area (Å²) < 4.78 is 21.6. The quantitative estimate of drug-likeness (QED) is 0.0772. The highest BCUT2D eigenvalue weighted by Crippen LogP contribution is 2.27. The van der Waals surface area contributed by atoms with Crippen LogP contribution in [0.15, 0.2) is 0 Å². The topological polar surface area (TPSA) is 196 Å². The van der Waals surface area contributed by atoms with E-state index in [0.717, 1.165) is 33.5 Å². The molecule has 2 saturated heterocycles. The molecule has 0 spiro atoms. The van der Waals surface area contributed by atoms with Crippen molar-refractivity contribution in [2.75, 3.05) is 20.8 Å². The van der Waals surface area contributed by atoms with Crippen molar-refractivity contribution in [3.05, 3.63) is 0 Å². The first-order chi connectivity index (χ1) is 20.8. The molecule has 8 atom stereocenters. The Morgan fingerprint density at radius 3 is 1.63 bits per heavy atom. The Kier molecular flexibility index (Phi) is 26.8. The van der Waals surface area contributed by atoms with Crippen LogP contribution in [0.2, 0.25) is 0 Å². The Morgan fingerprint density at radius 2 is 1.14 bits per heavy atom. The number of hydrogen-bond acceptors (Lipinski definition) is 12. The molecule has 0 saturated carbocycles. The highest BCUT2D eigenvalue weighted by atomic mass is 16.7. The predicted molar refractivity (Wildman–Crippen MR) is 161 cm³/mol. The van der Waals surface area contributed by atoms with Gasteiger partial charge in [0.2, 0.25) is 0 Å². The molecule has 2 heterocycles. The fraction of sp³-hybridized carbons (Fsp3) is 0.968. The lowest BCUT2D eigenvalue weighted by Gasteiger charge is -2.41. The van der Waals surface area contributed by atoms with E-state index in [0.29, 0.717) is 6.42 Å². The molecule has 7 N–H and O–H groups in total. The summed E-state index contributed by atoms with van der Waals surface area (Å²) in [5.41, 5.74) is 0. The van der Waals surface area contributed by atoms with E-state index in [-0.39, 0.29) is 25.4 Å². The summed E-state index contributed by atoms with van der Waals surface area (Å²) in [5.74, 6) is -0.365. The van der Waals surface area contributed by atoms with Crippen LogP contribution >= 0.6 is 0 Å². The number of ether oxygens (including phenoxy) is 4. The third kappa shape index (κ3) is 19.2. The lowest BCUT2D eigenvalue weighted by Crippen LogP contribution is -2.54. The summed E-state index contributed by atoms with van der Waals surface area (Å²) in [6.45, 7) is 2.08. The summed E-state index contributed by atoms with van der Waals surface area (Å²) in [5, 5.41) is 63.1. The van der Waals surface area contributed by atoms with Crippen molar-refractivity contribution < 1.29 is 59.5 Å². The van der Waals surface area contributed by atoms with Crippen LogP contribution in [0.1, 0.15) is 122 Å². The van der Waals surface area contributed by atoms with Gasteiger partial charge in [0.25, 0.3) is 0 Å². The van der Waals surface area contributed by atoms with Crippen LogP contribution in [0, 0.1) is 0 Å². The molecule has 0 aromatic rings. The Hall–Kier alpha value is -0.930. The standard InChI is InChI=1S/C29H54O10.2CH4O/c1-2-3-4-5-6-7-8-9-10-11-12-13-14-15-16-17-25(32)36-20-24-23(18-22(31)28(34)38-24)37-26-19-21(30)27(33)29(35)39-26;2*1-2/h21-24,26-31,33-35H,2-20H2,1H3;2*2H,1H3/t21-,22-,23?,24?,26?,27+,28?,29+;;/m1../s1. The first kappa shape index (κ1) is 42.1. The molecule has 258 valence electrons. The maximum Gasteiger partial charge on any atom is 0.305 e. The Bertz CT molecular complexity index is 628. The van der Waals surface area contributed by atoms with Gasteiger partial charge in [-0.15, -0.1) is 0 Å². The first-order valence-corrected chi connectivity index (χ1v) is 16.2. The number of aliphatic hydroxyl groups excluding tert-OH is 7. The lowest BCUT2D eigenvalue weighted by molar-refractivity contribution is -0.338. The molecule has 0 aromatic carbocycles. The maximum atomic E-state index is 12.2. The van der Waals surface area contributed by atoms with E-state index in [2.05, 4.69) is 6.92 Å². The second-order valence-corrected chi connectivity index (χ2v) is 11.2. The molecular formula is C31H62O12. The summed E-state index contributed by atoms with van der Waals surface area (Å²) in [4.78, 5) is 12.2. The van der Waals surface area contributed by atoms with E-state index in [1.165, 1.54) is 77.0 Å². The number of rotatable bonds is 20. The van der Waals surface area contributed by atoms with Gasteiger partial charge in [0.05, 0.1) is 12.2 Å². The number of carbonyl (C=O) groups excluding carboxylic acids is 1. The van der Waals surface area contributed by atoms with Gasteiger partial charge in [0, 0.05) is 33.5 Å². The summed E-state index contributed by atoms with van der Waals surface area (Å²) in [7, 11) is 2.00. The average molecular weight is 627 g/mol. The van der Waals surface area contributed by atoms with E-state index in [1.807, 2.05) is 0 Å². The van der Waals surface area contributed by atoms with Crippen LogP contribution in [0.4, 0.5) is 0 Å². The number of hydrogen-bond donors (Lipinski definition) is 7. The molecule has 2 fully saturated rings. The zero-order valence-corrected chi connectivity index (χ0v) is 26.7. The molecule has 4 unspecified atom stereocenters. The van der Waals surface area contributed by atoms with Crippen molar-refractivity contribution in [3.8, 4) is 0 Å². The minimum absolute atomic E-state index is 0.0168. The Balaban J connectivity index is 0.00000422. The average Bonchev–Trinajstić information content (AvgIpc) is 3.00. The second-order valence-electron chi connectivity index (χ2n) is 11.2. The smallest absolute Gasteiger partial charge is 0.305 e. The van der Waals surface area contributed by atoms with Crippen LogP contribution in [0.25, 0.3) is 0 Å². The zero-order valence-electron chi connectivity index (χ0n) is 26.7. The van der Waals surface area contributed by atoms with Crippen molar-refractivity contribution in [2.24, 2.45) is 0 Å². The predicted octanol–water partition coefficient (Wildman–Crippen LogP) is 2.65. The van der Waals surface area contributed by atoms with Crippen molar-refractivity contribution >= 4 is 5.97 Å². The van der Waals surface area contributed by atoms with Crippen LogP contribution in [0.5, 0.6) is 0 Å². The molecule has 2 rings (SSSR count). The molecular weight excluding hydrogens is 564 g/mol. The van der Waals surface area contributed by atoms with Crippen LogP contribution in [-0.2, 0) is 23.7 Å². The third-order valence-electron chi connectivity index (χ3n) is 7.66. The molecule has 12 nitrogen and oxygen atoms in total. The van der Waals surface area contributed by atoms with Crippen LogP contribution < -0.4 is 0 Å². The van der Waals surface area contributed by atoms with Crippen molar-refractivity contribution in [2.45, 2.75) is 172 Å². The molecule has 0 bridgehead atoms. The minimum atomic E-state index is -1.62. The van der Waals surface area contributed by atoms with E-state index in [4.69, 9.17) is 29.2 Å². The molecule has 0 radical (unpaired) electrons. The van der Waals surface area contributed by atoms with Gasteiger partial charge in [-0.25, -0.2) is 0 Å². The maximum absolute atomic E-state index is 12.2. The SMILES string of the molecule is CCCCCCCCCCCCCCCCCC(=O)OCC1OC(O)[C@H](O)CC1OC1C[C@@H](O)[C@H](O)[C@@H](O)O1.CO.CO. The zero-order chi connectivity index (χ0) is 32.5.